The standard InChI is InChI=1S/C21H34O2/c1-13(22)17-6-7-18-16-5-4-14-12-15(23)8-10-20(14,2)19(16)9-11-21(17,18)3/h12-13,15-19,22-23H,4-11H2,1-3H3/t13-,15?,16?,17+,18?,19?,20-,21+/m0/s1. The van der Waals surface area contributed by atoms with Crippen LogP contribution >= 0.6 is 0 Å². The van der Waals surface area contributed by atoms with Crippen molar-refractivity contribution in [1.82, 2.24) is 0 Å². The first-order chi connectivity index (χ1) is 10.9. The predicted molar refractivity (Wildman–Crippen MR) is 92.9 cm³/mol. The molecule has 0 aromatic heterocycles. The van der Waals surface area contributed by atoms with E-state index < -0.39 is 0 Å². The zero-order chi connectivity index (χ0) is 16.4. The van der Waals surface area contributed by atoms with Gasteiger partial charge in [0.25, 0.3) is 0 Å². The van der Waals surface area contributed by atoms with Gasteiger partial charge in [0.05, 0.1) is 12.2 Å². The molecule has 0 saturated heterocycles. The van der Waals surface area contributed by atoms with Crippen LogP contribution in [0.15, 0.2) is 11.6 Å². The molecule has 23 heavy (non-hydrogen) atoms. The van der Waals surface area contributed by atoms with Crippen LogP contribution in [0, 0.1) is 34.5 Å². The van der Waals surface area contributed by atoms with Gasteiger partial charge in [0.2, 0.25) is 0 Å². The van der Waals surface area contributed by atoms with E-state index in [1.54, 1.807) is 5.57 Å². The molecule has 0 heterocycles. The summed E-state index contributed by atoms with van der Waals surface area (Å²) in [5, 5.41) is 20.3. The molecule has 4 unspecified atom stereocenters. The number of allylic oxidation sites excluding steroid dienone is 1. The molecule has 0 spiro atoms. The minimum Gasteiger partial charge on any atom is -0.393 e. The van der Waals surface area contributed by atoms with E-state index in [9.17, 15) is 10.2 Å². The fourth-order valence-electron chi connectivity index (χ4n) is 7.54. The second-order valence-electron chi connectivity index (χ2n) is 9.60. The predicted octanol–water partition coefficient (Wildman–Crippen LogP) is 4.31. The van der Waals surface area contributed by atoms with Crippen molar-refractivity contribution in [1.29, 1.82) is 0 Å². The molecule has 4 rings (SSSR count). The Hall–Kier alpha value is -0.340. The van der Waals surface area contributed by atoms with Crippen molar-refractivity contribution in [2.24, 2.45) is 34.5 Å². The van der Waals surface area contributed by atoms with Gasteiger partial charge in [-0.2, -0.15) is 0 Å². The molecule has 4 aliphatic carbocycles. The Morgan fingerprint density at radius 3 is 2.57 bits per heavy atom. The average molecular weight is 319 g/mol. The Morgan fingerprint density at radius 1 is 1.04 bits per heavy atom. The van der Waals surface area contributed by atoms with Gasteiger partial charge >= 0.3 is 0 Å². The molecule has 3 saturated carbocycles. The zero-order valence-electron chi connectivity index (χ0n) is 15.1. The summed E-state index contributed by atoms with van der Waals surface area (Å²) >= 11 is 0. The van der Waals surface area contributed by atoms with Crippen LogP contribution in [0.3, 0.4) is 0 Å². The SMILES string of the molecule is C[C@H](O)[C@H]1CCC2C3CCC4=CC(O)CC[C@]4(C)C3CC[C@@]21C. The fraction of sp³-hybridized carbons (Fsp3) is 0.905. The van der Waals surface area contributed by atoms with E-state index >= 15 is 0 Å². The Kier molecular flexibility index (Phi) is 3.74. The summed E-state index contributed by atoms with van der Waals surface area (Å²) in [5.41, 5.74) is 2.26. The third kappa shape index (κ3) is 2.20. The first-order valence-electron chi connectivity index (χ1n) is 9.93. The molecule has 3 fully saturated rings. The minimum absolute atomic E-state index is 0.152. The van der Waals surface area contributed by atoms with Crippen molar-refractivity contribution in [3.05, 3.63) is 11.6 Å². The van der Waals surface area contributed by atoms with E-state index in [2.05, 4.69) is 19.9 Å². The number of rotatable bonds is 1. The lowest BCUT2D eigenvalue weighted by Crippen LogP contribution is -2.51. The van der Waals surface area contributed by atoms with Crippen LogP contribution in [0.1, 0.15) is 72.1 Å². The van der Waals surface area contributed by atoms with Crippen LogP contribution in [-0.4, -0.2) is 22.4 Å². The molecule has 0 radical (unpaired) electrons. The summed E-state index contributed by atoms with van der Waals surface area (Å²) in [6.07, 6.45) is 11.6. The maximum Gasteiger partial charge on any atom is 0.0724 e. The Balaban J connectivity index is 1.64. The molecule has 130 valence electrons. The summed E-state index contributed by atoms with van der Waals surface area (Å²) in [7, 11) is 0. The van der Waals surface area contributed by atoms with Crippen LogP contribution in [0.5, 0.6) is 0 Å². The van der Waals surface area contributed by atoms with Crippen LogP contribution in [0.25, 0.3) is 0 Å². The van der Waals surface area contributed by atoms with E-state index in [0.29, 0.717) is 16.7 Å². The summed E-state index contributed by atoms with van der Waals surface area (Å²) in [5.74, 6) is 2.97. The summed E-state index contributed by atoms with van der Waals surface area (Å²) in [4.78, 5) is 0. The minimum atomic E-state index is -0.199. The van der Waals surface area contributed by atoms with Crippen LogP contribution in [0.4, 0.5) is 0 Å². The Morgan fingerprint density at radius 2 is 1.83 bits per heavy atom. The monoisotopic (exact) mass is 318 g/mol. The lowest BCUT2D eigenvalue weighted by atomic mass is 9.46. The molecule has 2 heteroatoms. The average Bonchev–Trinajstić information content (AvgIpc) is 2.85. The van der Waals surface area contributed by atoms with Gasteiger partial charge in [-0.15, -0.1) is 0 Å². The van der Waals surface area contributed by atoms with Gasteiger partial charge in [-0.25, -0.2) is 0 Å². The first kappa shape index (κ1) is 16.1. The third-order valence-corrected chi connectivity index (χ3v) is 8.74. The van der Waals surface area contributed by atoms with Crippen molar-refractivity contribution < 1.29 is 10.2 Å². The summed E-state index contributed by atoms with van der Waals surface area (Å²) in [6.45, 7) is 6.98. The quantitative estimate of drug-likeness (QED) is 0.707. The lowest BCUT2D eigenvalue weighted by molar-refractivity contribution is -0.0725. The van der Waals surface area contributed by atoms with E-state index in [1.165, 1.54) is 44.9 Å². The van der Waals surface area contributed by atoms with Gasteiger partial charge in [-0.1, -0.05) is 25.5 Å². The highest BCUT2D eigenvalue weighted by atomic mass is 16.3. The van der Waals surface area contributed by atoms with Crippen molar-refractivity contribution in [2.75, 3.05) is 0 Å². The molecule has 0 aliphatic heterocycles. The smallest absolute Gasteiger partial charge is 0.0724 e. The molecular formula is C21H34O2. The number of aliphatic hydroxyl groups excluding tert-OH is 2. The molecule has 0 aromatic carbocycles. The summed E-state index contributed by atoms with van der Waals surface area (Å²) in [6, 6.07) is 0. The van der Waals surface area contributed by atoms with Crippen molar-refractivity contribution >= 4 is 0 Å². The van der Waals surface area contributed by atoms with Gasteiger partial charge in [0.1, 0.15) is 0 Å². The van der Waals surface area contributed by atoms with E-state index in [1.807, 2.05) is 6.92 Å². The largest absolute Gasteiger partial charge is 0.393 e. The van der Waals surface area contributed by atoms with Crippen LogP contribution < -0.4 is 0 Å². The van der Waals surface area contributed by atoms with Gasteiger partial charge in [0, 0.05) is 0 Å². The maximum absolute atomic E-state index is 10.3. The van der Waals surface area contributed by atoms with E-state index in [0.717, 1.165) is 24.2 Å². The highest BCUT2D eigenvalue weighted by Gasteiger charge is 2.59. The molecule has 2 N–H and O–H groups in total. The molecule has 0 aromatic rings. The van der Waals surface area contributed by atoms with Crippen molar-refractivity contribution in [2.45, 2.75) is 84.3 Å². The van der Waals surface area contributed by atoms with E-state index in [-0.39, 0.29) is 12.2 Å². The van der Waals surface area contributed by atoms with Gasteiger partial charge < -0.3 is 10.2 Å². The highest BCUT2D eigenvalue weighted by Crippen LogP contribution is 2.67. The zero-order valence-corrected chi connectivity index (χ0v) is 15.1. The lowest BCUT2D eigenvalue weighted by Gasteiger charge is -2.58. The normalized spacial score (nSPS) is 53.8. The topological polar surface area (TPSA) is 40.5 Å². The fourth-order valence-corrected chi connectivity index (χ4v) is 7.54. The number of fused-ring (bicyclic) bond motifs is 5. The molecule has 8 atom stereocenters. The molecule has 0 bridgehead atoms. The van der Waals surface area contributed by atoms with Crippen LogP contribution in [0.2, 0.25) is 0 Å². The molecule has 4 aliphatic rings. The van der Waals surface area contributed by atoms with E-state index in [4.69, 9.17) is 0 Å². The number of hydrogen-bond acceptors (Lipinski definition) is 2. The number of hydrogen-bond donors (Lipinski definition) is 2. The Labute approximate surface area is 141 Å². The molecular weight excluding hydrogens is 284 g/mol. The van der Waals surface area contributed by atoms with Crippen LogP contribution in [-0.2, 0) is 0 Å². The second kappa shape index (κ2) is 5.33. The number of aliphatic hydroxyl groups is 2. The van der Waals surface area contributed by atoms with Crippen molar-refractivity contribution in [3.8, 4) is 0 Å². The summed E-state index contributed by atoms with van der Waals surface area (Å²) < 4.78 is 0. The maximum atomic E-state index is 10.3. The Bertz CT molecular complexity index is 510. The first-order valence-corrected chi connectivity index (χ1v) is 9.93. The molecule has 2 nitrogen and oxygen atoms in total. The van der Waals surface area contributed by atoms with Crippen molar-refractivity contribution in [3.63, 3.8) is 0 Å². The van der Waals surface area contributed by atoms with Gasteiger partial charge in [-0.3, -0.25) is 0 Å². The highest BCUT2D eigenvalue weighted by molar-refractivity contribution is 5.25. The second-order valence-corrected chi connectivity index (χ2v) is 9.60. The van der Waals surface area contributed by atoms with Gasteiger partial charge in [0.15, 0.2) is 0 Å². The molecule has 0 amide bonds. The van der Waals surface area contributed by atoms with Gasteiger partial charge in [-0.05, 0) is 92.8 Å². The third-order valence-electron chi connectivity index (χ3n) is 8.74.